The van der Waals surface area contributed by atoms with Crippen molar-refractivity contribution in [2.24, 2.45) is 7.05 Å². The first-order valence-corrected chi connectivity index (χ1v) is 8.60. The standard InChI is InChI=1S/C15H17BrClN5O/c1-22-15(19-13(21-22)9-4-6-18-7-5-9)20-14(23)10-2-3-11(16)12(17)8-10/h2-3,8-9,18H,4-7H2,1H3,(H,19,20,21,23). The lowest BCUT2D eigenvalue weighted by molar-refractivity contribution is 0.102. The fourth-order valence-corrected chi connectivity index (χ4v) is 3.00. The predicted molar refractivity (Wildman–Crippen MR) is 93.0 cm³/mol. The summed E-state index contributed by atoms with van der Waals surface area (Å²) >= 11 is 9.34. The number of nitrogens with one attached hydrogen (secondary N) is 2. The second-order valence-corrected chi connectivity index (χ2v) is 6.79. The first-order valence-electron chi connectivity index (χ1n) is 7.42. The SMILES string of the molecule is Cn1nc(C2CCNCC2)nc1NC(=O)c1ccc(Br)c(Cl)c1. The van der Waals surface area contributed by atoms with Crippen LogP contribution in [0.1, 0.15) is 34.9 Å². The lowest BCUT2D eigenvalue weighted by Gasteiger charge is -2.19. The van der Waals surface area contributed by atoms with Gasteiger partial charge in [-0.2, -0.15) is 10.1 Å². The second kappa shape index (κ2) is 6.98. The van der Waals surface area contributed by atoms with Gasteiger partial charge in [0.05, 0.1) is 5.02 Å². The molecule has 1 aromatic carbocycles. The second-order valence-electron chi connectivity index (χ2n) is 5.52. The summed E-state index contributed by atoms with van der Waals surface area (Å²) in [5.41, 5.74) is 0.476. The average Bonchev–Trinajstić information content (AvgIpc) is 2.92. The zero-order valence-electron chi connectivity index (χ0n) is 12.6. The molecule has 1 aliphatic rings. The molecule has 122 valence electrons. The molecule has 2 aromatic rings. The van der Waals surface area contributed by atoms with E-state index in [9.17, 15) is 4.79 Å². The largest absolute Gasteiger partial charge is 0.317 e. The van der Waals surface area contributed by atoms with Gasteiger partial charge in [0.25, 0.3) is 5.91 Å². The molecule has 0 saturated carbocycles. The summed E-state index contributed by atoms with van der Waals surface area (Å²) in [6, 6.07) is 5.06. The molecule has 1 aliphatic heterocycles. The van der Waals surface area contributed by atoms with Crippen LogP contribution in [0.15, 0.2) is 22.7 Å². The minimum absolute atomic E-state index is 0.258. The van der Waals surface area contributed by atoms with E-state index in [2.05, 4.69) is 36.6 Å². The summed E-state index contributed by atoms with van der Waals surface area (Å²) in [5, 5.41) is 11.0. The monoisotopic (exact) mass is 397 g/mol. The number of carbonyl (C=O) groups is 1. The van der Waals surface area contributed by atoms with E-state index in [4.69, 9.17) is 11.6 Å². The lowest BCUT2D eigenvalue weighted by atomic mass is 9.98. The maximum absolute atomic E-state index is 12.3. The Kier molecular flexibility index (Phi) is 4.99. The van der Waals surface area contributed by atoms with Crippen LogP contribution in [-0.2, 0) is 7.05 Å². The predicted octanol–water partition coefficient (Wildman–Crippen LogP) is 2.95. The molecule has 0 unspecified atom stereocenters. The fraction of sp³-hybridized carbons (Fsp3) is 0.400. The van der Waals surface area contributed by atoms with Gasteiger partial charge in [0.1, 0.15) is 0 Å². The van der Waals surface area contributed by atoms with Crippen LogP contribution in [0.3, 0.4) is 0 Å². The van der Waals surface area contributed by atoms with E-state index >= 15 is 0 Å². The van der Waals surface area contributed by atoms with Crippen LogP contribution in [0.4, 0.5) is 5.95 Å². The Morgan fingerprint density at radius 2 is 2.17 bits per heavy atom. The highest BCUT2D eigenvalue weighted by atomic mass is 79.9. The number of amides is 1. The van der Waals surface area contributed by atoms with Crippen molar-refractivity contribution in [2.45, 2.75) is 18.8 Å². The number of piperidine rings is 1. The van der Waals surface area contributed by atoms with Crippen molar-refractivity contribution in [3.8, 4) is 0 Å². The van der Waals surface area contributed by atoms with Gasteiger partial charge in [0.2, 0.25) is 5.95 Å². The van der Waals surface area contributed by atoms with Gasteiger partial charge in [0.15, 0.2) is 5.82 Å². The molecule has 1 amide bonds. The Morgan fingerprint density at radius 3 is 2.87 bits per heavy atom. The van der Waals surface area contributed by atoms with Crippen LogP contribution < -0.4 is 10.6 Å². The van der Waals surface area contributed by atoms with Crippen LogP contribution in [0.5, 0.6) is 0 Å². The topological polar surface area (TPSA) is 71.8 Å². The van der Waals surface area contributed by atoms with Crippen LogP contribution in [-0.4, -0.2) is 33.8 Å². The molecule has 23 heavy (non-hydrogen) atoms. The number of rotatable bonds is 3. The number of halogens is 2. The fourth-order valence-electron chi connectivity index (χ4n) is 2.58. The molecule has 1 fully saturated rings. The molecule has 6 nitrogen and oxygen atoms in total. The van der Waals surface area contributed by atoms with Gasteiger partial charge in [-0.05, 0) is 60.1 Å². The lowest BCUT2D eigenvalue weighted by Crippen LogP contribution is -2.27. The zero-order valence-corrected chi connectivity index (χ0v) is 15.0. The first-order chi connectivity index (χ1) is 11.0. The van der Waals surface area contributed by atoms with Crippen molar-refractivity contribution >= 4 is 39.4 Å². The molecule has 1 saturated heterocycles. The van der Waals surface area contributed by atoms with E-state index < -0.39 is 0 Å². The molecule has 0 spiro atoms. The number of anilines is 1. The first kappa shape index (κ1) is 16.4. The van der Waals surface area contributed by atoms with E-state index in [0.717, 1.165) is 36.2 Å². The van der Waals surface area contributed by atoms with Gasteiger partial charge in [-0.15, -0.1) is 0 Å². The number of aromatic nitrogens is 3. The molecule has 2 N–H and O–H groups in total. The van der Waals surface area contributed by atoms with Gasteiger partial charge < -0.3 is 5.32 Å². The summed E-state index contributed by atoms with van der Waals surface area (Å²) in [7, 11) is 1.78. The third-order valence-corrected chi connectivity index (χ3v) is 5.12. The number of hydrogen-bond donors (Lipinski definition) is 2. The maximum atomic E-state index is 12.3. The number of nitrogens with zero attached hydrogens (tertiary/aromatic N) is 3. The third kappa shape index (κ3) is 3.73. The van der Waals surface area contributed by atoms with Crippen molar-refractivity contribution < 1.29 is 4.79 Å². The van der Waals surface area contributed by atoms with Crippen LogP contribution >= 0.6 is 27.5 Å². The summed E-state index contributed by atoms with van der Waals surface area (Å²) in [5.74, 6) is 1.32. The molecule has 0 atom stereocenters. The molecule has 1 aromatic heterocycles. The minimum Gasteiger partial charge on any atom is -0.317 e. The van der Waals surface area contributed by atoms with E-state index in [1.807, 2.05) is 0 Å². The van der Waals surface area contributed by atoms with Crippen molar-refractivity contribution in [1.82, 2.24) is 20.1 Å². The molecule has 0 aliphatic carbocycles. The Hall–Kier alpha value is -1.44. The van der Waals surface area contributed by atoms with Gasteiger partial charge in [0, 0.05) is 23.0 Å². The van der Waals surface area contributed by atoms with E-state index in [1.54, 1.807) is 29.9 Å². The number of carbonyl (C=O) groups excluding carboxylic acids is 1. The van der Waals surface area contributed by atoms with Crippen LogP contribution in [0.2, 0.25) is 5.02 Å². The highest BCUT2D eigenvalue weighted by Gasteiger charge is 2.21. The van der Waals surface area contributed by atoms with E-state index in [-0.39, 0.29) is 5.91 Å². The molecule has 8 heteroatoms. The van der Waals surface area contributed by atoms with E-state index in [0.29, 0.717) is 22.5 Å². The Balaban J connectivity index is 1.75. The quantitative estimate of drug-likeness (QED) is 0.834. The third-order valence-electron chi connectivity index (χ3n) is 3.89. The Morgan fingerprint density at radius 1 is 1.43 bits per heavy atom. The normalized spacial score (nSPS) is 15.6. The van der Waals surface area contributed by atoms with Crippen molar-refractivity contribution in [3.63, 3.8) is 0 Å². The van der Waals surface area contributed by atoms with Gasteiger partial charge in [-0.3, -0.25) is 10.1 Å². The maximum Gasteiger partial charge on any atom is 0.258 e. The summed E-state index contributed by atoms with van der Waals surface area (Å²) in [6.07, 6.45) is 2.03. The van der Waals surface area contributed by atoms with Gasteiger partial charge >= 0.3 is 0 Å². The Bertz CT molecular complexity index is 727. The summed E-state index contributed by atoms with van der Waals surface area (Å²) in [4.78, 5) is 16.8. The summed E-state index contributed by atoms with van der Waals surface area (Å²) < 4.78 is 2.36. The van der Waals surface area contributed by atoms with Crippen molar-refractivity contribution in [2.75, 3.05) is 18.4 Å². The molecule has 3 rings (SSSR count). The van der Waals surface area contributed by atoms with Crippen molar-refractivity contribution in [3.05, 3.63) is 39.1 Å². The molecule has 0 bridgehead atoms. The van der Waals surface area contributed by atoms with Gasteiger partial charge in [-0.25, -0.2) is 4.68 Å². The van der Waals surface area contributed by atoms with Crippen LogP contribution in [0.25, 0.3) is 0 Å². The molecule has 2 heterocycles. The Labute approximate surface area is 147 Å². The smallest absolute Gasteiger partial charge is 0.258 e. The number of aryl methyl sites for hydroxylation is 1. The molecule has 0 radical (unpaired) electrons. The minimum atomic E-state index is -0.258. The number of benzene rings is 1. The van der Waals surface area contributed by atoms with Crippen LogP contribution in [0, 0.1) is 0 Å². The highest BCUT2D eigenvalue weighted by molar-refractivity contribution is 9.10. The van der Waals surface area contributed by atoms with E-state index in [1.165, 1.54) is 0 Å². The number of hydrogen-bond acceptors (Lipinski definition) is 4. The summed E-state index contributed by atoms with van der Waals surface area (Å²) in [6.45, 7) is 1.95. The zero-order chi connectivity index (χ0) is 16.4. The average molecular weight is 399 g/mol. The van der Waals surface area contributed by atoms with Crippen molar-refractivity contribution in [1.29, 1.82) is 0 Å². The molecular formula is C15H17BrClN5O. The highest BCUT2D eigenvalue weighted by Crippen LogP contribution is 2.25. The molecular weight excluding hydrogens is 382 g/mol. The van der Waals surface area contributed by atoms with Gasteiger partial charge in [-0.1, -0.05) is 11.6 Å².